The van der Waals surface area contributed by atoms with Gasteiger partial charge in [0.25, 0.3) is 0 Å². The molecule has 4 fully saturated rings. The van der Waals surface area contributed by atoms with Gasteiger partial charge in [0.1, 0.15) is 0 Å². The number of carbonyl (C=O) groups excluding carboxylic acids is 2. The van der Waals surface area contributed by atoms with Gasteiger partial charge in [-0.3, -0.25) is 0 Å². The van der Waals surface area contributed by atoms with Crippen LogP contribution in [0.2, 0.25) is 9.63 Å². The van der Waals surface area contributed by atoms with Crippen LogP contribution in [0.1, 0.15) is 13.8 Å². The van der Waals surface area contributed by atoms with Crippen LogP contribution in [0.3, 0.4) is 0 Å². The molecule has 2 heterocycles. The normalized spacial score (nSPS) is 42.9. The molecule has 94 valence electrons. The second-order valence-corrected chi connectivity index (χ2v) is 6.91. The van der Waals surface area contributed by atoms with E-state index in [1.54, 1.807) is 12.2 Å². The van der Waals surface area contributed by atoms with Crippen molar-refractivity contribution in [3.63, 3.8) is 0 Å². The first-order chi connectivity index (χ1) is 7.86. The number of rotatable bonds is 2. The first kappa shape index (κ1) is 14.6. The SMILES string of the molecule is C.FS.O=C=NC1C2CC3C(N=C=O)C2[Se]C31. The van der Waals surface area contributed by atoms with Gasteiger partial charge >= 0.3 is 86.7 Å². The van der Waals surface area contributed by atoms with Crippen LogP contribution in [0.4, 0.5) is 3.89 Å². The Hall–Kier alpha value is -0.441. The molecule has 17 heavy (non-hydrogen) atoms. The van der Waals surface area contributed by atoms with Crippen molar-refractivity contribution < 1.29 is 13.5 Å². The van der Waals surface area contributed by atoms with Crippen LogP contribution in [0.25, 0.3) is 0 Å². The Labute approximate surface area is 111 Å². The molecule has 0 N–H and O–H groups in total. The van der Waals surface area contributed by atoms with E-state index in [9.17, 15) is 13.5 Å². The minimum atomic E-state index is 0. The molecule has 4 aliphatic rings. The monoisotopic (exact) mass is 324 g/mol. The Morgan fingerprint density at radius 3 is 1.71 bits per heavy atom. The van der Waals surface area contributed by atoms with E-state index in [1.165, 1.54) is 0 Å². The molecule has 6 atom stereocenters. The quantitative estimate of drug-likeness (QED) is 0.364. The number of hydrogen-bond donors (Lipinski definition) is 1. The zero-order chi connectivity index (χ0) is 11.7. The van der Waals surface area contributed by atoms with E-state index < -0.39 is 0 Å². The van der Waals surface area contributed by atoms with Gasteiger partial charge in [-0.15, -0.1) is 0 Å². The summed E-state index contributed by atoms with van der Waals surface area (Å²) >= 11 is 2.55. The molecule has 0 aromatic heterocycles. The van der Waals surface area contributed by atoms with Gasteiger partial charge in [-0.05, 0) is 0 Å². The van der Waals surface area contributed by atoms with Crippen molar-refractivity contribution in [1.29, 1.82) is 0 Å². The maximum absolute atomic E-state index is 10.2. The van der Waals surface area contributed by atoms with Crippen LogP contribution in [0, 0.1) is 11.8 Å². The molecule has 0 radical (unpaired) electrons. The minimum absolute atomic E-state index is 0. The summed E-state index contributed by atoms with van der Waals surface area (Å²) in [5, 5.41) is 0. The molecule has 0 spiro atoms. The predicted molar refractivity (Wildman–Crippen MR) is 65.5 cm³/mol. The molecule has 0 amide bonds. The third kappa shape index (κ3) is 2.03. The van der Waals surface area contributed by atoms with Gasteiger partial charge in [0.15, 0.2) is 0 Å². The van der Waals surface area contributed by atoms with Crippen molar-refractivity contribution >= 4 is 40.1 Å². The Kier molecular flexibility index (Phi) is 5.11. The fourth-order valence-electron chi connectivity index (χ4n) is 3.25. The molecule has 0 aromatic carbocycles. The molecular formula is C10H13FN2O2SSe. The van der Waals surface area contributed by atoms with Crippen LogP contribution in [-0.4, -0.2) is 39.2 Å². The van der Waals surface area contributed by atoms with E-state index in [-0.39, 0.29) is 19.5 Å². The van der Waals surface area contributed by atoms with Crippen LogP contribution < -0.4 is 0 Å². The topological polar surface area (TPSA) is 58.9 Å². The number of aliphatic imine (C=N–C) groups is 2. The summed E-state index contributed by atoms with van der Waals surface area (Å²) in [5.41, 5.74) is 0. The van der Waals surface area contributed by atoms with Gasteiger partial charge in [-0.25, -0.2) is 0 Å². The number of nitrogens with zero attached hydrogens (tertiary/aromatic N) is 2. The average Bonchev–Trinajstić information content (AvgIpc) is 3.01. The Morgan fingerprint density at radius 1 is 1.06 bits per heavy atom. The Bertz CT molecular complexity index is 333. The summed E-state index contributed by atoms with van der Waals surface area (Å²) in [6.07, 6.45) is 4.45. The first-order valence-electron chi connectivity index (χ1n) is 4.83. The second kappa shape index (κ2) is 5.94. The van der Waals surface area contributed by atoms with E-state index in [2.05, 4.69) is 9.98 Å². The molecule has 4 rings (SSSR count). The van der Waals surface area contributed by atoms with Crippen LogP contribution in [0.15, 0.2) is 9.98 Å². The van der Waals surface area contributed by atoms with Gasteiger partial charge in [0, 0.05) is 13.0 Å². The summed E-state index contributed by atoms with van der Waals surface area (Å²) < 4.78 is 9.19. The van der Waals surface area contributed by atoms with E-state index >= 15 is 0 Å². The Morgan fingerprint density at radius 2 is 1.47 bits per heavy atom. The molecule has 2 saturated carbocycles. The number of halogens is 1. The van der Waals surface area contributed by atoms with E-state index in [0.29, 0.717) is 36.4 Å². The van der Waals surface area contributed by atoms with Crippen LogP contribution >= 0.6 is 13.0 Å². The van der Waals surface area contributed by atoms with Gasteiger partial charge in [-0.1, -0.05) is 7.43 Å². The van der Waals surface area contributed by atoms with Crippen molar-refractivity contribution in [3.8, 4) is 0 Å². The predicted octanol–water partition coefficient (Wildman–Crippen LogP) is 1.78. The summed E-state index contributed by atoms with van der Waals surface area (Å²) in [6.45, 7) is 0. The maximum atomic E-state index is 10.2. The van der Waals surface area contributed by atoms with E-state index in [1.807, 2.05) is 13.0 Å². The number of thiol groups is 1. The molecule has 4 nitrogen and oxygen atoms in total. The third-order valence-electron chi connectivity index (χ3n) is 3.66. The summed E-state index contributed by atoms with van der Waals surface area (Å²) in [4.78, 5) is 29.3. The van der Waals surface area contributed by atoms with E-state index in [0.717, 1.165) is 6.42 Å². The molecule has 2 aliphatic carbocycles. The van der Waals surface area contributed by atoms with Crippen LogP contribution in [0.5, 0.6) is 0 Å². The summed E-state index contributed by atoms with van der Waals surface area (Å²) in [6, 6.07) is 0.418. The van der Waals surface area contributed by atoms with Gasteiger partial charge < -0.3 is 0 Å². The molecule has 4 bridgehead atoms. The van der Waals surface area contributed by atoms with Gasteiger partial charge in [0.2, 0.25) is 0 Å². The zero-order valence-corrected chi connectivity index (χ0v) is 10.7. The molecule has 2 saturated heterocycles. The van der Waals surface area contributed by atoms with Gasteiger partial charge in [-0.2, -0.15) is 3.89 Å². The van der Waals surface area contributed by atoms with E-state index in [4.69, 9.17) is 0 Å². The van der Waals surface area contributed by atoms with Crippen molar-refractivity contribution in [2.24, 2.45) is 21.8 Å². The molecule has 6 unspecified atom stereocenters. The molecular weight excluding hydrogens is 310 g/mol. The van der Waals surface area contributed by atoms with Crippen molar-refractivity contribution in [2.75, 3.05) is 0 Å². The third-order valence-corrected chi connectivity index (χ3v) is 7.61. The van der Waals surface area contributed by atoms with Crippen molar-refractivity contribution in [2.45, 2.75) is 35.6 Å². The van der Waals surface area contributed by atoms with Gasteiger partial charge in [0.05, 0.1) is 0 Å². The fourth-order valence-corrected chi connectivity index (χ4v) is 7.78. The summed E-state index contributed by atoms with van der Waals surface area (Å²) in [7, 11) is 0. The number of hydrogen-bond acceptors (Lipinski definition) is 5. The molecule has 7 heteroatoms. The fraction of sp³-hybridized carbons (Fsp3) is 0.800. The molecule has 0 aromatic rings. The van der Waals surface area contributed by atoms with Crippen LogP contribution in [-0.2, 0) is 9.59 Å². The summed E-state index contributed by atoms with van der Waals surface area (Å²) in [5.74, 6) is 1.02. The first-order valence-corrected chi connectivity index (χ1v) is 7.14. The number of isocyanates is 2. The van der Waals surface area contributed by atoms with Crippen molar-refractivity contribution in [3.05, 3.63) is 0 Å². The molecule has 2 aliphatic heterocycles. The van der Waals surface area contributed by atoms with Crippen molar-refractivity contribution in [1.82, 2.24) is 0 Å². The zero-order valence-electron chi connectivity index (χ0n) is 8.12. The average molecular weight is 323 g/mol. The Balaban J connectivity index is 0.000000459. The standard InChI is InChI=1S/C9H8N2O2Se.CH4.FHS/c12-2-10-6-4-1-5-7(11-3-13)9(4)14-8(5)6;;1-2/h4-9H,1H2;1H4;2H. The second-order valence-electron chi connectivity index (χ2n) is 4.05.